The maximum atomic E-state index is 14.7. The molecule has 4 aromatic rings. The summed E-state index contributed by atoms with van der Waals surface area (Å²) in [4.78, 5) is 0. The van der Waals surface area contributed by atoms with E-state index in [9.17, 15) is 8.78 Å². The first kappa shape index (κ1) is 22.4. The Morgan fingerprint density at radius 3 is 1.85 bits per heavy atom. The van der Waals surface area contributed by atoms with Crippen LogP contribution in [0.1, 0.15) is 40.7 Å². The lowest BCUT2D eigenvalue weighted by Crippen LogP contribution is -2.05. The van der Waals surface area contributed by atoms with E-state index in [1.807, 2.05) is 73.7 Å². The predicted molar refractivity (Wildman–Crippen MR) is 129 cm³/mol. The first-order chi connectivity index (χ1) is 16.0. The zero-order valence-electron chi connectivity index (χ0n) is 18.6. The molecule has 33 heavy (non-hydrogen) atoms. The highest BCUT2D eigenvalue weighted by molar-refractivity contribution is 5.64. The molecule has 0 aliphatic heterocycles. The van der Waals surface area contributed by atoms with Crippen molar-refractivity contribution in [2.24, 2.45) is 0 Å². The van der Waals surface area contributed by atoms with E-state index in [-0.39, 0.29) is 11.5 Å². The third-order valence-electron chi connectivity index (χ3n) is 6.08. The fraction of sp³-hybridized carbons (Fsp3) is 0.167. The lowest BCUT2D eigenvalue weighted by atomic mass is 9.92. The monoisotopic (exact) mass is 437 g/mol. The van der Waals surface area contributed by atoms with Crippen LogP contribution in [-0.2, 0) is 19.3 Å². The van der Waals surface area contributed by atoms with Crippen molar-refractivity contribution in [2.45, 2.75) is 32.1 Å². The average Bonchev–Trinajstić information content (AvgIpc) is 2.86. The van der Waals surface area contributed by atoms with Crippen molar-refractivity contribution in [3.05, 3.63) is 130 Å². The van der Waals surface area contributed by atoms with E-state index in [1.165, 1.54) is 12.1 Å². The molecular formula is C30H25F2N. The van der Waals surface area contributed by atoms with Gasteiger partial charge in [0.25, 0.3) is 0 Å². The molecule has 0 aromatic heterocycles. The van der Waals surface area contributed by atoms with Crippen LogP contribution in [0.4, 0.5) is 8.78 Å². The van der Waals surface area contributed by atoms with Gasteiger partial charge in [0.2, 0.25) is 0 Å². The van der Waals surface area contributed by atoms with Gasteiger partial charge in [0.05, 0.1) is 11.6 Å². The van der Waals surface area contributed by atoms with E-state index in [0.717, 1.165) is 22.3 Å². The molecule has 0 radical (unpaired) electrons. The van der Waals surface area contributed by atoms with Crippen LogP contribution in [0, 0.1) is 23.0 Å². The SMILES string of the molecule is C[C@H](Cc1c(F)cc(CCc2ccc(-c3ccc(C#N)cc3)cc2)cc1F)c1ccccc1. The summed E-state index contributed by atoms with van der Waals surface area (Å²) >= 11 is 0. The van der Waals surface area contributed by atoms with E-state index >= 15 is 0 Å². The number of aryl methyl sites for hydroxylation is 2. The molecule has 0 aliphatic rings. The summed E-state index contributed by atoms with van der Waals surface area (Å²) < 4.78 is 29.5. The largest absolute Gasteiger partial charge is 0.207 e. The maximum absolute atomic E-state index is 14.7. The predicted octanol–water partition coefficient (Wildman–Crippen LogP) is 7.63. The first-order valence-electron chi connectivity index (χ1n) is 11.1. The summed E-state index contributed by atoms with van der Waals surface area (Å²) in [7, 11) is 0. The number of benzene rings is 4. The van der Waals surface area contributed by atoms with E-state index in [1.54, 1.807) is 12.1 Å². The molecule has 3 heteroatoms. The van der Waals surface area contributed by atoms with Gasteiger partial charge in [0.1, 0.15) is 11.6 Å². The Labute approximate surface area is 194 Å². The summed E-state index contributed by atoms with van der Waals surface area (Å²) in [5.74, 6) is -0.899. The van der Waals surface area contributed by atoms with Gasteiger partial charge in [-0.05, 0) is 77.3 Å². The minimum Gasteiger partial charge on any atom is -0.207 e. The molecule has 0 unspecified atom stereocenters. The molecule has 4 rings (SSSR count). The van der Waals surface area contributed by atoms with Gasteiger partial charge in [-0.15, -0.1) is 0 Å². The van der Waals surface area contributed by atoms with Gasteiger partial charge in [-0.2, -0.15) is 5.26 Å². The fourth-order valence-corrected chi connectivity index (χ4v) is 4.09. The number of halogens is 2. The van der Waals surface area contributed by atoms with E-state index in [2.05, 4.69) is 6.07 Å². The van der Waals surface area contributed by atoms with E-state index in [0.29, 0.717) is 30.4 Å². The standard InChI is InChI=1S/C30H25F2N/c1-21(25-5-3-2-4-6-25)17-28-29(31)18-24(19-30(28)32)8-7-22-9-13-26(14-10-22)27-15-11-23(20-33)12-16-27/h2-6,9-16,18-19,21H,7-8,17H2,1H3/t21-/m1/s1. The molecule has 0 aliphatic carbocycles. The van der Waals surface area contributed by atoms with Crippen LogP contribution >= 0.6 is 0 Å². The molecule has 0 amide bonds. The second kappa shape index (κ2) is 10.2. The molecular weight excluding hydrogens is 412 g/mol. The molecule has 4 aromatic carbocycles. The Kier molecular flexibility index (Phi) is 6.95. The van der Waals surface area contributed by atoms with Crippen molar-refractivity contribution < 1.29 is 8.78 Å². The lowest BCUT2D eigenvalue weighted by Gasteiger charge is -2.14. The van der Waals surface area contributed by atoms with Crippen LogP contribution in [0.5, 0.6) is 0 Å². The highest BCUT2D eigenvalue weighted by Crippen LogP contribution is 2.26. The van der Waals surface area contributed by atoms with Gasteiger partial charge in [-0.25, -0.2) is 8.78 Å². The average molecular weight is 438 g/mol. The second-order valence-electron chi connectivity index (χ2n) is 8.44. The van der Waals surface area contributed by atoms with E-state index in [4.69, 9.17) is 5.26 Å². The molecule has 0 fully saturated rings. The van der Waals surface area contributed by atoms with Crippen molar-refractivity contribution in [1.29, 1.82) is 5.26 Å². The highest BCUT2D eigenvalue weighted by Gasteiger charge is 2.15. The number of hydrogen-bond acceptors (Lipinski definition) is 1. The normalized spacial score (nSPS) is 11.7. The minimum absolute atomic E-state index is 0.0377. The molecule has 0 saturated heterocycles. The van der Waals surface area contributed by atoms with Crippen LogP contribution in [0.15, 0.2) is 91.0 Å². The molecule has 0 N–H and O–H groups in total. The van der Waals surface area contributed by atoms with Crippen molar-refractivity contribution in [1.82, 2.24) is 0 Å². The highest BCUT2D eigenvalue weighted by atomic mass is 19.1. The molecule has 0 saturated carbocycles. The molecule has 0 bridgehead atoms. The topological polar surface area (TPSA) is 23.8 Å². The quantitative estimate of drug-likeness (QED) is 0.291. The number of nitriles is 1. The van der Waals surface area contributed by atoms with Crippen molar-refractivity contribution in [3.8, 4) is 17.2 Å². The minimum atomic E-state index is -0.469. The van der Waals surface area contributed by atoms with Crippen LogP contribution in [0.2, 0.25) is 0 Å². The van der Waals surface area contributed by atoms with E-state index < -0.39 is 11.6 Å². The van der Waals surface area contributed by atoms with Gasteiger partial charge in [0, 0.05) is 5.56 Å². The van der Waals surface area contributed by atoms with Gasteiger partial charge >= 0.3 is 0 Å². The molecule has 1 nitrogen and oxygen atoms in total. The second-order valence-corrected chi connectivity index (χ2v) is 8.44. The zero-order valence-corrected chi connectivity index (χ0v) is 18.6. The number of nitrogens with zero attached hydrogens (tertiary/aromatic N) is 1. The van der Waals surface area contributed by atoms with Gasteiger partial charge in [0.15, 0.2) is 0 Å². The Morgan fingerprint density at radius 2 is 1.27 bits per heavy atom. The summed E-state index contributed by atoms with van der Waals surface area (Å²) in [5, 5.41) is 8.93. The third-order valence-corrected chi connectivity index (χ3v) is 6.08. The van der Waals surface area contributed by atoms with Crippen LogP contribution in [0.25, 0.3) is 11.1 Å². The fourth-order valence-electron chi connectivity index (χ4n) is 4.09. The summed E-state index contributed by atoms with van der Waals surface area (Å²) in [5.41, 5.74) is 5.75. The van der Waals surface area contributed by atoms with Crippen LogP contribution in [0.3, 0.4) is 0 Å². The van der Waals surface area contributed by atoms with Crippen molar-refractivity contribution >= 4 is 0 Å². The van der Waals surface area contributed by atoms with Gasteiger partial charge in [-0.1, -0.05) is 73.7 Å². The van der Waals surface area contributed by atoms with Crippen LogP contribution < -0.4 is 0 Å². The molecule has 1 atom stereocenters. The van der Waals surface area contributed by atoms with Crippen molar-refractivity contribution in [3.63, 3.8) is 0 Å². The maximum Gasteiger partial charge on any atom is 0.129 e. The molecule has 0 spiro atoms. The Balaban J connectivity index is 1.40. The zero-order chi connectivity index (χ0) is 23.2. The summed E-state index contributed by atoms with van der Waals surface area (Å²) in [6.45, 7) is 1.99. The number of rotatable bonds is 7. The first-order valence-corrected chi connectivity index (χ1v) is 11.1. The molecule has 164 valence electrons. The Bertz CT molecular complexity index is 1230. The Hall–Kier alpha value is -3.77. The summed E-state index contributed by atoms with van der Waals surface area (Å²) in [6.07, 6.45) is 1.60. The number of hydrogen-bond donors (Lipinski definition) is 0. The lowest BCUT2D eigenvalue weighted by molar-refractivity contribution is 0.540. The third kappa shape index (κ3) is 5.54. The van der Waals surface area contributed by atoms with Crippen LogP contribution in [-0.4, -0.2) is 0 Å². The van der Waals surface area contributed by atoms with Gasteiger partial charge in [-0.3, -0.25) is 0 Å². The Morgan fingerprint density at radius 1 is 0.727 bits per heavy atom. The summed E-state index contributed by atoms with van der Waals surface area (Å²) in [6, 6.07) is 30.5. The molecule has 0 heterocycles. The van der Waals surface area contributed by atoms with Crippen molar-refractivity contribution in [2.75, 3.05) is 0 Å². The smallest absolute Gasteiger partial charge is 0.129 e. The van der Waals surface area contributed by atoms with Gasteiger partial charge < -0.3 is 0 Å².